The Morgan fingerprint density at radius 3 is 2.74 bits per heavy atom. The highest BCUT2D eigenvalue weighted by Crippen LogP contribution is 2.34. The smallest absolute Gasteiger partial charge is 0.271 e. The average Bonchev–Trinajstić information content (AvgIpc) is 3.15. The zero-order chi connectivity index (χ0) is 18.6. The molecule has 27 heavy (non-hydrogen) atoms. The minimum absolute atomic E-state index is 0.0738. The van der Waals surface area contributed by atoms with E-state index in [2.05, 4.69) is 20.6 Å². The summed E-state index contributed by atoms with van der Waals surface area (Å²) < 4.78 is 24.2. The maximum Gasteiger partial charge on any atom is 0.271 e. The van der Waals surface area contributed by atoms with Gasteiger partial charge in [0.25, 0.3) is 5.91 Å². The number of hydrogen-bond acceptors (Lipinski definition) is 6. The molecule has 0 bridgehead atoms. The zero-order valence-corrected chi connectivity index (χ0v) is 14.1. The number of benzene rings is 2. The van der Waals surface area contributed by atoms with Crippen molar-refractivity contribution in [3.05, 3.63) is 71.9 Å². The number of nitrogens with one attached hydrogen (secondary N) is 2. The SMILES string of the molecule is O=C(NCc1ccccc1F)c1cnc(Nc2ccc3c(c2)OCO3)cn1. The molecule has 4 rings (SSSR count). The van der Waals surface area contributed by atoms with E-state index in [1.54, 1.807) is 30.3 Å². The van der Waals surface area contributed by atoms with Crippen molar-refractivity contribution < 1.29 is 18.7 Å². The van der Waals surface area contributed by atoms with Crippen LogP contribution in [0.15, 0.2) is 54.9 Å². The van der Waals surface area contributed by atoms with Crippen molar-refractivity contribution in [3.63, 3.8) is 0 Å². The molecule has 0 atom stereocenters. The van der Waals surface area contributed by atoms with Gasteiger partial charge in [0, 0.05) is 23.9 Å². The number of carbonyl (C=O) groups is 1. The third kappa shape index (κ3) is 3.79. The van der Waals surface area contributed by atoms with Crippen molar-refractivity contribution in [2.75, 3.05) is 12.1 Å². The van der Waals surface area contributed by atoms with Gasteiger partial charge in [0.05, 0.1) is 12.4 Å². The molecule has 1 aliphatic heterocycles. The van der Waals surface area contributed by atoms with Crippen molar-refractivity contribution >= 4 is 17.4 Å². The first-order valence-corrected chi connectivity index (χ1v) is 8.19. The number of aromatic nitrogens is 2. The van der Waals surface area contributed by atoms with Gasteiger partial charge >= 0.3 is 0 Å². The molecule has 0 radical (unpaired) electrons. The van der Waals surface area contributed by atoms with Crippen molar-refractivity contribution in [1.29, 1.82) is 0 Å². The number of rotatable bonds is 5. The van der Waals surface area contributed by atoms with Crippen LogP contribution in [-0.4, -0.2) is 22.7 Å². The molecular weight excluding hydrogens is 351 g/mol. The van der Waals surface area contributed by atoms with Crippen LogP contribution in [0.2, 0.25) is 0 Å². The Bertz CT molecular complexity index is 979. The van der Waals surface area contributed by atoms with Crippen molar-refractivity contribution in [3.8, 4) is 11.5 Å². The first-order valence-electron chi connectivity index (χ1n) is 8.19. The zero-order valence-electron chi connectivity index (χ0n) is 14.1. The highest BCUT2D eigenvalue weighted by Gasteiger charge is 2.14. The normalized spacial score (nSPS) is 11.9. The molecule has 0 spiro atoms. The van der Waals surface area contributed by atoms with Crippen LogP contribution >= 0.6 is 0 Å². The summed E-state index contributed by atoms with van der Waals surface area (Å²) in [5, 5.41) is 5.70. The molecule has 1 aromatic heterocycles. The Hall–Kier alpha value is -3.68. The molecule has 3 aromatic rings. The summed E-state index contributed by atoms with van der Waals surface area (Å²) in [6.07, 6.45) is 2.80. The molecule has 8 heteroatoms. The maximum absolute atomic E-state index is 13.6. The number of hydrogen-bond donors (Lipinski definition) is 2. The van der Waals surface area contributed by atoms with Crippen molar-refractivity contribution in [2.45, 2.75) is 6.54 Å². The molecule has 1 aliphatic rings. The van der Waals surface area contributed by atoms with Crippen LogP contribution < -0.4 is 20.1 Å². The van der Waals surface area contributed by atoms with E-state index in [0.717, 1.165) is 5.69 Å². The quantitative estimate of drug-likeness (QED) is 0.722. The largest absolute Gasteiger partial charge is 0.454 e. The monoisotopic (exact) mass is 366 g/mol. The van der Waals surface area contributed by atoms with Gasteiger partial charge in [0.15, 0.2) is 11.5 Å². The van der Waals surface area contributed by atoms with Crippen LogP contribution in [0.5, 0.6) is 11.5 Å². The highest BCUT2D eigenvalue weighted by atomic mass is 19.1. The van der Waals surface area contributed by atoms with Crippen molar-refractivity contribution in [1.82, 2.24) is 15.3 Å². The molecular formula is C19H15FN4O3. The molecule has 2 aromatic carbocycles. The third-order valence-corrected chi connectivity index (χ3v) is 3.93. The predicted molar refractivity (Wildman–Crippen MR) is 95.4 cm³/mol. The predicted octanol–water partition coefficient (Wildman–Crippen LogP) is 3.02. The fourth-order valence-corrected chi connectivity index (χ4v) is 2.54. The lowest BCUT2D eigenvalue weighted by atomic mass is 10.2. The van der Waals surface area contributed by atoms with Crippen LogP contribution in [0.1, 0.15) is 16.1 Å². The Morgan fingerprint density at radius 2 is 1.93 bits per heavy atom. The standard InChI is InChI=1S/C19H15FN4O3/c20-14-4-2-1-3-12(14)8-23-19(25)15-9-22-18(10-21-15)24-13-5-6-16-17(7-13)27-11-26-16/h1-7,9-10H,8,11H2,(H,22,24)(H,23,25). The molecule has 2 heterocycles. The van der Waals surface area contributed by atoms with E-state index in [1.165, 1.54) is 18.5 Å². The van der Waals surface area contributed by atoms with Crippen LogP contribution in [0.4, 0.5) is 15.9 Å². The third-order valence-electron chi connectivity index (χ3n) is 3.93. The number of amides is 1. The maximum atomic E-state index is 13.6. The molecule has 0 saturated carbocycles. The molecule has 0 fully saturated rings. The molecule has 0 saturated heterocycles. The van der Waals surface area contributed by atoms with E-state index in [4.69, 9.17) is 9.47 Å². The van der Waals surface area contributed by atoms with Gasteiger partial charge in [-0.1, -0.05) is 18.2 Å². The number of anilines is 2. The Balaban J connectivity index is 1.38. The number of ether oxygens (including phenoxy) is 2. The second-order valence-electron chi connectivity index (χ2n) is 5.75. The minimum Gasteiger partial charge on any atom is -0.454 e. The summed E-state index contributed by atoms with van der Waals surface area (Å²) in [5.41, 5.74) is 1.30. The van der Waals surface area contributed by atoms with Crippen LogP contribution in [0, 0.1) is 5.82 Å². The number of carbonyl (C=O) groups excluding carboxylic acids is 1. The van der Waals surface area contributed by atoms with E-state index in [9.17, 15) is 9.18 Å². The lowest BCUT2D eigenvalue weighted by Gasteiger charge is -2.08. The van der Waals surface area contributed by atoms with Gasteiger partial charge in [0.1, 0.15) is 17.3 Å². The van der Waals surface area contributed by atoms with Gasteiger partial charge in [-0.15, -0.1) is 0 Å². The summed E-state index contributed by atoms with van der Waals surface area (Å²) >= 11 is 0. The topological polar surface area (TPSA) is 85.4 Å². The summed E-state index contributed by atoms with van der Waals surface area (Å²) in [6, 6.07) is 11.7. The fraction of sp³-hybridized carbons (Fsp3) is 0.105. The summed E-state index contributed by atoms with van der Waals surface area (Å²) in [4.78, 5) is 20.4. The molecule has 1 amide bonds. The number of fused-ring (bicyclic) bond motifs is 1. The van der Waals surface area contributed by atoms with E-state index in [1.807, 2.05) is 6.07 Å². The first-order chi connectivity index (χ1) is 13.2. The second-order valence-corrected chi connectivity index (χ2v) is 5.75. The van der Waals surface area contributed by atoms with Crippen LogP contribution in [-0.2, 0) is 6.54 Å². The summed E-state index contributed by atoms with van der Waals surface area (Å²) in [5.74, 6) is 1.01. The van der Waals surface area contributed by atoms with Gasteiger partial charge < -0.3 is 20.1 Å². The van der Waals surface area contributed by atoms with Gasteiger partial charge in [0.2, 0.25) is 6.79 Å². The summed E-state index contributed by atoms with van der Waals surface area (Å²) in [6.45, 7) is 0.277. The van der Waals surface area contributed by atoms with Crippen LogP contribution in [0.3, 0.4) is 0 Å². The van der Waals surface area contributed by atoms with Gasteiger partial charge in [-0.05, 0) is 18.2 Å². The van der Waals surface area contributed by atoms with Crippen molar-refractivity contribution in [2.24, 2.45) is 0 Å². The number of nitrogens with zero attached hydrogens (tertiary/aromatic N) is 2. The van der Waals surface area contributed by atoms with E-state index >= 15 is 0 Å². The van der Waals surface area contributed by atoms with E-state index < -0.39 is 5.91 Å². The Morgan fingerprint density at radius 1 is 1.07 bits per heavy atom. The molecule has 2 N–H and O–H groups in total. The lowest BCUT2D eigenvalue weighted by molar-refractivity contribution is 0.0945. The highest BCUT2D eigenvalue weighted by molar-refractivity contribution is 5.92. The Labute approximate surface area is 154 Å². The fourth-order valence-electron chi connectivity index (χ4n) is 2.54. The number of halogens is 1. The van der Waals surface area contributed by atoms with E-state index in [-0.39, 0.29) is 24.8 Å². The van der Waals surface area contributed by atoms with Gasteiger partial charge in [-0.2, -0.15) is 0 Å². The average molecular weight is 366 g/mol. The first kappa shape index (κ1) is 16.8. The molecule has 7 nitrogen and oxygen atoms in total. The molecule has 0 aliphatic carbocycles. The second kappa shape index (κ2) is 7.28. The van der Waals surface area contributed by atoms with E-state index in [0.29, 0.717) is 22.9 Å². The molecule has 0 unspecified atom stereocenters. The Kier molecular flexibility index (Phi) is 4.52. The minimum atomic E-state index is -0.430. The van der Waals surface area contributed by atoms with Gasteiger partial charge in [-0.25, -0.2) is 14.4 Å². The lowest BCUT2D eigenvalue weighted by Crippen LogP contribution is -2.24. The summed E-state index contributed by atoms with van der Waals surface area (Å²) in [7, 11) is 0. The molecule has 136 valence electrons. The van der Waals surface area contributed by atoms with Gasteiger partial charge in [-0.3, -0.25) is 4.79 Å². The van der Waals surface area contributed by atoms with Crippen LogP contribution in [0.25, 0.3) is 0 Å².